The standard InChI is InChI=1S/C13H14N4O4/c1-8(12(14)19)21-11(18)6-7-17-13(20)9-4-2-3-5-10(9)15-16-17/h2-5,8H,6-7H2,1H3,(H2,14,19)/t8-/m0/s1. The fraction of sp³-hybridized carbons (Fsp3) is 0.308. The number of aromatic nitrogens is 3. The van der Waals surface area contributed by atoms with Crippen LogP contribution in [0.15, 0.2) is 29.1 Å². The SMILES string of the molecule is C[C@H](OC(=O)CCn1nnc2ccccc2c1=O)C(N)=O. The minimum atomic E-state index is -1.00. The van der Waals surface area contributed by atoms with E-state index in [0.29, 0.717) is 10.9 Å². The fourth-order valence-electron chi connectivity index (χ4n) is 1.68. The fourth-order valence-corrected chi connectivity index (χ4v) is 1.68. The van der Waals surface area contributed by atoms with E-state index in [2.05, 4.69) is 10.3 Å². The summed E-state index contributed by atoms with van der Waals surface area (Å²) >= 11 is 0. The molecule has 0 saturated carbocycles. The Bertz CT molecular complexity index is 740. The minimum Gasteiger partial charge on any atom is -0.453 e. The lowest BCUT2D eigenvalue weighted by molar-refractivity contribution is -0.154. The van der Waals surface area contributed by atoms with E-state index in [-0.39, 0.29) is 18.5 Å². The summed E-state index contributed by atoms with van der Waals surface area (Å²) in [5.74, 6) is -1.37. The highest BCUT2D eigenvalue weighted by molar-refractivity contribution is 5.81. The number of rotatable bonds is 5. The molecule has 21 heavy (non-hydrogen) atoms. The normalized spacial score (nSPS) is 12.0. The van der Waals surface area contributed by atoms with Gasteiger partial charge in [0.25, 0.3) is 11.5 Å². The molecule has 110 valence electrons. The molecule has 1 amide bonds. The van der Waals surface area contributed by atoms with E-state index < -0.39 is 18.0 Å². The van der Waals surface area contributed by atoms with E-state index in [4.69, 9.17) is 10.5 Å². The van der Waals surface area contributed by atoms with Crippen LogP contribution in [0.5, 0.6) is 0 Å². The van der Waals surface area contributed by atoms with Crippen molar-refractivity contribution in [3.8, 4) is 0 Å². The summed E-state index contributed by atoms with van der Waals surface area (Å²) in [7, 11) is 0. The molecule has 8 nitrogen and oxygen atoms in total. The van der Waals surface area contributed by atoms with Crippen LogP contribution in [0, 0.1) is 0 Å². The van der Waals surface area contributed by atoms with Gasteiger partial charge in [-0.05, 0) is 19.1 Å². The number of nitrogens with zero attached hydrogens (tertiary/aromatic N) is 3. The van der Waals surface area contributed by atoms with Gasteiger partial charge in [-0.1, -0.05) is 17.3 Å². The number of esters is 1. The molecule has 1 heterocycles. The highest BCUT2D eigenvalue weighted by atomic mass is 16.5. The monoisotopic (exact) mass is 290 g/mol. The Hall–Kier alpha value is -2.77. The van der Waals surface area contributed by atoms with Crippen molar-refractivity contribution in [1.82, 2.24) is 15.0 Å². The molecule has 0 unspecified atom stereocenters. The first kappa shape index (κ1) is 14.6. The van der Waals surface area contributed by atoms with Gasteiger partial charge in [-0.15, -0.1) is 5.10 Å². The Morgan fingerprint density at radius 2 is 2.10 bits per heavy atom. The molecule has 0 radical (unpaired) electrons. The highest BCUT2D eigenvalue weighted by Crippen LogP contribution is 2.03. The van der Waals surface area contributed by atoms with Crippen LogP contribution in [-0.4, -0.2) is 33.0 Å². The maximum absolute atomic E-state index is 12.1. The van der Waals surface area contributed by atoms with Gasteiger partial charge in [0, 0.05) is 0 Å². The number of carbonyl (C=O) groups excluding carboxylic acids is 2. The second-order valence-corrected chi connectivity index (χ2v) is 4.42. The van der Waals surface area contributed by atoms with Crippen molar-refractivity contribution in [2.45, 2.75) is 26.0 Å². The molecule has 2 rings (SSSR count). The molecule has 0 aliphatic rings. The quantitative estimate of drug-likeness (QED) is 0.749. The number of fused-ring (bicyclic) bond motifs is 1. The summed E-state index contributed by atoms with van der Waals surface area (Å²) in [5.41, 5.74) is 5.14. The third kappa shape index (κ3) is 3.41. The minimum absolute atomic E-state index is 0.0149. The van der Waals surface area contributed by atoms with Crippen LogP contribution in [0.2, 0.25) is 0 Å². The van der Waals surface area contributed by atoms with Crippen LogP contribution in [0.1, 0.15) is 13.3 Å². The molecule has 0 spiro atoms. The molecule has 0 bridgehead atoms. The lowest BCUT2D eigenvalue weighted by Gasteiger charge is -2.09. The zero-order chi connectivity index (χ0) is 15.4. The average molecular weight is 290 g/mol. The van der Waals surface area contributed by atoms with E-state index in [1.807, 2.05) is 0 Å². The summed E-state index contributed by atoms with van der Waals surface area (Å²) < 4.78 is 5.87. The number of hydrogen-bond acceptors (Lipinski definition) is 6. The summed E-state index contributed by atoms with van der Waals surface area (Å²) in [4.78, 5) is 34.4. The van der Waals surface area contributed by atoms with Crippen molar-refractivity contribution in [3.05, 3.63) is 34.6 Å². The third-order valence-corrected chi connectivity index (χ3v) is 2.87. The van der Waals surface area contributed by atoms with Gasteiger partial charge in [0.1, 0.15) is 5.52 Å². The van der Waals surface area contributed by atoms with E-state index in [9.17, 15) is 14.4 Å². The first-order valence-electron chi connectivity index (χ1n) is 6.30. The van der Waals surface area contributed by atoms with Crippen LogP contribution in [0.25, 0.3) is 10.9 Å². The number of ether oxygens (including phenoxy) is 1. The van der Waals surface area contributed by atoms with Gasteiger partial charge in [0.2, 0.25) is 0 Å². The van der Waals surface area contributed by atoms with Crippen molar-refractivity contribution in [2.75, 3.05) is 0 Å². The summed E-state index contributed by atoms with van der Waals surface area (Å²) in [5, 5.41) is 8.07. The number of carbonyl (C=O) groups is 2. The van der Waals surface area contributed by atoms with Gasteiger partial charge in [-0.3, -0.25) is 14.4 Å². The molecule has 8 heteroatoms. The number of nitrogens with two attached hydrogens (primary N) is 1. The molecule has 1 atom stereocenters. The zero-order valence-electron chi connectivity index (χ0n) is 11.4. The summed E-state index contributed by atoms with van der Waals surface area (Å²) in [6.07, 6.45) is -1.11. The average Bonchev–Trinajstić information content (AvgIpc) is 2.46. The largest absolute Gasteiger partial charge is 0.453 e. The first-order valence-corrected chi connectivity index (χ1v) is 6.30. The molecule has 2 N–H and O–H groups in total. The lowest BCUT2D eigenvalue weighted by Crippen LogP contribution is -2.31. The Balaban J connectivity index is 2.07. The molecule has 2 aromatic rings. The van der Waals surface area contributed by atoms with Crippen molar-refractivity contribution in [1.29, 1.82) is 0 Å². The van der Waals surface area contributed by atoms with Crippen LogP contribution in [0.3, 0.4) is 0 Å². The number of hydrogen-bond donors (Lipinski definition) is 1. The Morgan fingerprint density at radius 3 is 2.81 bits per heavy atom. The van der Waals surface area contributed by atoms with E-state index in [0.717, 1.165) is 4.68 Å². The topological polar surface area (TPSA) is 117 Å². The lowest BCUT2D eigenvalue weighted by atomic mass is 10.2. The number of amides is 1. The van der Waals surface area contributed by atoms with Crippen molar-refractivity contribution in [3.63, 3.8) is 0 Å². The molecule has 0 aliphatic heterocycles. The van der Waals surface area contributed by atoms with Gasteiger partial charge in [-0.2, -0.15) is 0 Å². The van der Waals surface area contributed by atoms with Gasteiger partial charge >= 0.3 is 5.97 Å². The maximum Gasteiger partial charge on any atom is 0.308 e. The highest BCUT2D eigenvalue weighted by Gasteiger charge is 2.15. The predicted molar refractivity (Wildman–Crippen MR) is 73.2 cm³/mol. The second-order valence-electron chi connectivity index (χ2n) is 4.42. The van der Waals surface area contributed by atoms with Crippen LogP contribution in [-0.2, 0) is 20.9 Å². The zero-order valence-corrected chi connectivity index (χ0v) is 11.4. The van der Waals surface area contributed by atoms with Gasteiger partial charge < -0.3 is 10.5 Å². The number of primary amides is 1. The van der Waals surface area contributed by atoms with Crippen molar-refractivity contribution in [2.24, 2.45) is 5.73 Å². The van der Waals surface area contributed by atoms with Gasteiger partial charge in [-0.25, -0.2) is 4.68 Å². The number of aryl methyl sites for hydroxylation is 1. The second kappa shape index (κ2) is 6.12. The van der Waals surface area contributed by atoms with E-state index in [1.54, 1.807) is 24.3 Å². The predicted octanol–water partition coefficient (Wildman–Crippen LogP) is -0.401. The summed E-state index contributed by atoms with van der Waals surface area (Å²) in [6, 6.07) is 6.79. The Kier molecular flexibility index (Phi) is 4.27. The van der Waals surface area contributed by atoms with E-state index >= 15 is 0 Å². The van der Waals surface area contributed by atoms with Gasteiger partial charge in [0.15, 0.2) is 6.10 Å². The van der Waals surface area contributed by atoms with Crippen LogP contribution in [0.4, 0.5) is 0 Å². The molecule has 1 aromatic heterocycles. The van der Waals surface area contributed by atoms with Gasteiger partial charge in [0.05, 0.1) is 18.4 Å². The Morgan fingerprint density at radius 1 is 1.38 bits per heavy atom. The Labute approximate surface area is 119 Å². The van der Waals surface area contributed by atoms with Crippen molar-refractivity contribution < 1.29 is 14.3 Å². The van der Waals surface area contributed by atoms with Crippen LogP contribution < -0.4 is 11.3 Å². The maximum atomic E-state index is 12.1. The molecule has 0 fully saturated rings. The third-order valence-electron chi connectivity index (χ3n) is 2.87. The first-order chi connectivity index (χ1) is 9.99. The molecule has 0 aliphatic carbocycles. The molecule has 0 saturated heterocycles. The molecule has 1 aromatic carbocycles. The smallest absolute Gasteiger partial charge is 0.308 e. The van der Waals surface area contributed by atoms with Crippen molar-refractivity contribution >= 4 is 22.8 Å². The molecular weight excluding hydrogens is 276 g/mol. The van der Waals surface area contributed by atoms with Crippen LogP contribution >= 0.6 is 0 Å². The number of benzene rings is 1. The summed E-state index contributed by atoms with van der Waals surface area (Å²) in [6.45, 7) is 1.39. The molecular formula is C13H14N4O4. The van der Waals surface area contributed by atoms with E-state index in [1.165, 1.54) is 6.92 Å².